The van der Waals surface area contributed by atoms with Crippen LogP contribution >= 0.6 is 0 Å². The number of hydrogen-bond acceptors (Lipinski definition) is 4. The first-order valence-corrected chi connectivity index (χ1v) is 10.3. The fraction of sp³-hybridized carbons (Fsp3) is 0.591. The van der Waals surface area contributed by atoms with E-state index in [9.17, 15) is 8.78 Å². The average Bonchev–Trinajstić information content (AvgIpc) is 3.35. The molecular formula is C22H31F2N3O2. The van der Waals surface area contributed by atoms with E-state index >= 15 is 0 Å². The van der Waals surface area contributed by atoms with Crippen LogP contribution in [0.3, 0.4) is 0 Å². The number of rotatable bonds is 10. The van der Waals surface area contributed by atoms with Gasteiger partial charge in [-0.25, -0.2) is 8.78 Å². The second-order valence-electron chi connectivity index (χ2n) is 8.04. The van der Waals surface area contributed by atoms with Crippen molar-refractivity contribution in [2.24, 2.45) is 5.92 Å². The van der Waals surface area contributed by atoms with Gasteiger partial charge in [0.2, 0.25) is 0 Å². The normalized spacial score (nSPS) is 17.2. The van der Waals surface area contributed by atoms with Crippen molar-refractivity contribution in [2.75, 3.05) is 33.4 Å². The summed E-state index contributed by atoms with van der Waals surface area (Å²) in [5.74, 6) is -2.20. The summed E-state index contributed by atoms with van der Waals surface area (Å²) in [5.41, 5.74) is 2.34. The van der Waals surface area contributed by atoms with E-state index < -0.39 is 5.92 Å². The fourth-order valence-corrected chi connectivity index (χ4v) is 3.49. The van der Waals surface area contributed by atoms with Crippen LogP contribution in [-0.2, 0) is 17.2 Å². The highest BCUT2D eigenvalue weighted by atomic mass is 19.3. The number of halogens is 2. The molecule has 29 heavy (non-hydrogen) atoms. The molecule has 1 aliphatic heterocycles. The monoisotopic (exact) mass is 407 g/mol. The number of nitrogens with one attached hydrogen (secondary N) is 1. The zero-order valence-corrected chi connectivity index (χ0v) is 17.5. The minimum absolute atomic E-state index is 0.0624. The van der Waals surface area contributed by atoms with Crippen molar-refractivity contribution in [3.05, 3.63) is 35.5 Å². The Hall–Kier alpha value is -1.99. The predicted octanol–water partition coefficient (Wildman–Crippen LogP) is 4.84. The molecule has 1 N–H and O–H groups in total. The lowest BCUT2D eigenvalue weighted by Gasteiger charge is -2.18. The molecule has 3 rings (SSSR count). The highest BCUT2D eigenvalue weighted by molar-refractivity contribution is 5.66. The molecule has 0 spiro atoms. The first kappa shape index (κ1) is 21.7. The minimum atomic E-state index is -2.96. The van der Waals surface area contributed by atoms with Crippen LogP contribution < -0.4 is 4.74 Å². The molecule has 1 unspecified atom stereocenters. The summed E-state index contributed by atoms with van der Waals surface area (Å²) in [6, 6.07) is 4.77. The van der Waals surface area contributed by atoms with Crippen LogP contribution in [0.25, 0.3) is 11.3 Å². The number of nitrogens with zero attached hydrogens (tertiary/aromatic N) is 2. The lowest BCUT2D eigenvalue weighted by Crippen LogP contribution is -2.19. The van der Waals surface area contributed by atoms with Gasteiger partial charge in [0.1, 0.15) is 5.75 Å². The number of aromatic nitrogens is 2. The summed E-state index contributed by atoms with van der Waals surface area (Å²) in [5, 5.41) is 7.16. The number of ether oxygens (including phenoxy) is 2. The smallest absolute Gasteiger partial charge is 0.270 e. The SMILES string of the molecule is CCCCN(C)Cc1cn[nH]c1-c1cc(OCC2CCOC2)cc(C(C)(F)F)c1. The summed E-state index contributed by atoms with van der Waals surface area (Å²) in [6.45, 7) is 6.61. The summed E-state index contributed by atoms with van der Waals surface area (Å²) in [6.07, 6.45) is 4.95. The van der Waals surface area contributed by atoms with Gasteiger partial charge in [-0.05, 0) is 44.6 Å². The maximum Gasteiger partial charge on any atom is 0.270 e. The third-order valence-corrected chi connectivity index (χ3v) is 5.26. The third kappa shape index (κ3) is 6.00. The van der Waals surface area contributed by atoms with Crippen LogP contribution in [0, 0.1) is 5.92 Å². The fourth-order valence-electron chi connectivity index (χ4n) is 3.49. The summed E-state index contributed by atoms with van der Waals surface area (Å²) < 4.78 is 39.5. The Bertz CT molecular complexity index is 783. The van der Waals surface area contributed by atoms with Crippen molar-refractivity contribution >= 4 is 0 Å². The third-order valence-electron chi connectivity index (χ3n) is 5.26. The van der Waals surface area contributed by atoms with Crippen LogP contribution in [-0.4, -0.2) is 48.5 Å². The molecule has 1 atom stereocenters. The van der Waals surface area contributed by atoms with Crippen molar-refractivity contribution in [3.63, 3.8) is 0 Å². The van der Waals surface area contributed by atoms with Crippen molar-refractivity contribution in [2.45, 2.75) is 45.6 Å². The molecule has 1 aromatic heterocycles. The molecule has 2 aromatic rings. The van der Waals surface area contributed by atoms with Gasteiger partial charge in [0.15, 0.2) is 0 Å². The summed E-state index contributed by atoms with van der Waals surface area (Å²) >= 11 is 0. The zero-order valence-electron chi connectivity index (χ0n) is 17.5. The zero-order chi connectivity index (χ0) is 20.9. The molecule has 0 radical (unpaired) electrons. The Labute approximate surface area is 171 Å². The average molecular weight is 408 g/mol. The molecule has 5 nitrogen and oxygen atoms in total. The van der Waals surface area contributed by atoms with Gasteiger partial charge in [-0.1, -0.05) is 13.3 Å². The van der Waals surface area contributed by atoms with Gasteiger partial charge in [0.25, 0.3) is 5.92 Å². The highest BCUT2D eigenvalue weighted by Gasteiger charge is 2.27. The summed E-state index contributed by atoms with van der Waals surface area (Å²) in [4.78, 5) is 2.22. The maximum absolute atomic E-state index is 14.1. The van der Waals surface area contributed by atoms with Crippen molar-refractivity contribution in [3.8, 4) is 17.0 Å². The molecular weight excluding hydrogens is 376 g/mol. The van der Waals surface area contributed by atoms with Crippen LogP contribution in [0.15, 0.2) is 24.4 Å². The Balaban J connectivity index is 1.84. The predicted molar refractivity (Wildman–Crippen MR) is 109 cm³/mol. The van der Waals surface area contributed by atoms with E-state index in [0.29, 0.717) is 37.0 Å². The van der Waals surface area contributed by atoms with E-state index in [1.165, 1.54) is 12.1 Å². The number of hydrogen-bond donors (Lipinski definition) is 1. The molecule has 0 amide bonds. The molecule has 0 bridgehead atoms. The second-order valence-corrected chi connectivity index (χ2v) is 8.04. The van der Waals surface area contributed by atoms with E-state index in [-0.39, 0.29) is 5.56 Å². The standard InChI is InChI=1S/C22H31F2N3O2/c1-4-5-7-27(3)13-18-12-25-26-21(18)17-9-19(22(2,23)24)11-20(10-17)29-15-16-6-8-28-14-16/h9-12,16H,4-8,13-15H2,1-3H3,(H,25,26). The molecule has 1 aromatic carbocycles. The minimum Gasteiger partial charge on any atom is -0.493 e. The van der Waals surface area contributed by atoms with Crippen molar-refractivity contribution in [1.82, 2.24) is 15.1 Å². The van der Waals surface area contributed by atoms with Gasteiger partial charge in [-0.3, -0.25) is 5.10 Å². The van der Waals surface area contributed by atoms with E-state index in [4.69, 9.17) is 9.47 Å². The first-order chi connectivity index (χ1) is 13.9. The molecule has 0 saturated carbocycles. The van der Waals surface area contributed by atoms with Crippen LogP contribution in [0.2, 0.25) is 0 Å². The van der Waals surface area contributed by atoms with Crippen LogP contribution in [0.1, 0.15) is 44.2 Å². The number of unbranched alkanes of at least 4 members (excludes halogenated alkanes) is 1. The summed E-state index contributed by atoms with van der Waals surface area (Å²) in [7, 11) is 2.06. The molecule has 2 heterocycles. The maximum atomic E-state index is 14.1. The van der Waals surface area contributed by atoms with Gasteiger partial charge in [0.05, 0.1) is 25.1 Å². The quantitative estimate of drug-likeness (QED) is 0.613. The Morgan fingerprint density at radius 3 is 2.86 bits per heavy atom. The number of aromatic amines is 1. The van der Waals surface area contributed by atoms with E-state index in [0.717, 1.165) is 50.6 Å². The Morgan fingerprint density at radius 1 is 1.34 bits per heavy atom. The molecule has 1 fully saturated rings. The van der Waals surface area contributed by atoms with Crippen molar-refractivity contribution < 1.29 is 18.3 Å². The molecule has 1 saturated heterocycles. The van der Waals surface area contributed by atoms with E-state index in [2.05, 4.69) is 29.1 Å². The van der Waals surface area contributed by atoms with Gasteiger partial charge < -0.3 is 14.4 Å². The highest BCUT2D eigenvalue weighted by Crippen LogP contribution is 2.35. The van der Waals surface area contributed by atoms with Gasteiger partial charge in [-0.15, -0.1) is 0 Å². The number of alkyl halides is 2. The molecule has 1 aliphatic rings. The Kier molecular flexibility index (Phi) is 7.24. The van der Waals surface area contributed by atoms with Gasteiger partial charge in [-0.2, -0.15) is 5.10 Å². The lowest BCUT2D eigenvalue weighted by atomic mass is 10.0. The second kappa shape index (κ2) is 9.67. The Morgan fingerprint density at radius 2 is 2.17 bits per heavy atom. The number of H-pyrrole nitrogens is 1. The first-order valence-electron chi connectivity index (χ1n) is 10.3. The van der Waals surface area contributed by atoms with E-state index in [1.54, 1.807) is 6.20 Å². The molecule has 0 aliphatic carbocycles. The topological polar surface area (TPSA) is 50.4 Å². The largest absolute Gasteiger partial charge is 0.493 e. The van der Waals surface area contributed by atoms with E-state index in [1.807, 2.05) is 6.07 Å². The number of benzene rings is 1. The van der Waals surface area contributed by atoms with Crippen LogP contribution in [0.4, 0.5) is 8.78 Å². The molecule has 160 valence electrons. The van der Waals surface area contributed by atoms with Gasteiger partial charge in [0, 0.05) is 42.7 Å². The van der Waals surface area contributed by atoms with Gasteiger partial charge >= 0.3 is 0 Å². The molecule has 7 heteroatoms. The van der Waals surface area contributed by atoms with Crippen molar-refractivity contribution in [1.29, 1.82) is 0 Å². The van der Waals surface area contributed by atoms with Crippen LogP contribution in [0.5, 0.6) is 5.75 Å². The lowest BCUT2D eigenvalue weighted by molar-refractivity contribution is 0.0172.